The Bertz CT molecular complexity index is 616. The van der Waals surface area contributed by atoms with Crippen molar-refractivity contribution in [3.8, 4) is 0 Å². The van der Waals surface area contributed by atoms with Crippen LogP contribution in [-0.2, 0) is 0 Å². The first kappa shape index (κ1) is 13.5. The van der Waals surface area contributed by atoms with Gasteiger partial charge in [-0.3, -0.25) is 4.79 Å². The van der Waals surface area contributed by atoms with Gasteiger partial charge in [0.25, 0.3) is 5.91 Å². The number of amides is 1. The van der Waals surface area contributed by atoms with Crippen LogP contribution in [0.4, 0.5) is 5.69 Å². The number of rotatable bonds is 4. The van der Waals surface area contributed by atoms with Crippen LogP contribution >= 0.6 is 0 Å². The second-order valence-electron chi connectivity index (χ2n) is 4.11. The minimum absolute atomic E-state index is 0.269. The number of anilines is 1. The van der Waals surface area contributed by atoms with Crippen molar-refractivity contribution in [3.05, 3.63) is 71.8 Å². The molecule has 2 rings (SSSR count). The molecule has 3 N–H and O–H groups in total. The smallest absolute Gasteiger partial charge is 0.271 e. The Morgan fingerprint density at radius 3 is 2.45 bits per heavy atom. The standard InChI is InChI=1S/C16H15N3O/c17-15-10-8-14(9-11-15)16(20)19-18-12-4-7-13-5-2-1-3-6-13/h1-12H,17H2,(H,19,20)/b7-4+,18-12-. The van der Waals surface area contributed by atoms with Gasteiger partial charge < -0.3 is 5.73 Å². The van der Waals surface area contributed by atoms with E-state index in [1.165, 1.54) is 6.21 Å². The van der Waals surface area contributed by atoms with Crippen molar-refractivity contribution < 1.29 is 4.79 Å². The fourth-order valence-electron chi connectivity index (χ4n) is 1.56. The second-order valence-corrected chi connectivity index (χ2v) is 4.11. The van der Waals surface area contributed by atoms with Gasteiger partial charge >= 0.3 is 0 Å². The highest BCUT2D eigenvalue weighted by Gasteiger charge is 2.02. The second kappa shape index (κ2) is 6.89. The Morgan fingerprint density at radius 1 is 1.05 bits per heavy atom. The molecule has 0 spiro atoms. The lowest BCUT2D eigenvalue weighted by molar-refractivity contribution is 0.0955. The number of hydrazone groups is 1. The molecule has 1 amide bonds. The normalized spacial score (nSPS) is 11.0. The van der Waals surface area contributed by atoms with Crippen LogP contribution in [0.1, 0.15) is 15.9 Å². The van der Waals surface area contributed by atoms with E-state index >= 15 is 0 Å². The fourth-order valence-corrected chi connectivity index (χ4v) is 1.56. The van der Waals surface area contributed by atoms with Crippen molar-refractivity contribution in [1.29, 1.82) is 0 Å². The summed E-state index contributed by atoms with van der Waals surface area (Å²) in [4.78, 5) is 11.7. The van der Waals surface area contributed by atoms with E-state index < -0.39 is 0 Å². The number of benzene rings is 2. The molecule has 100 valence electrons. The van der Waals surface area contributed by atoms with Gasteiger partial charge in [-0.15, -0.1) is 0 Å². The Labute approximate surface area is 117 Å². The van der Waals surface area contributed by atoms with Crippen molar-refractivity contribution >= 4 is 23.9 Å². The van der Waals surface area contributed by atoms with Gasteiger partial charge in [0.2, 0.25) is 0 Å². The third kappa shape index (κ3) is 4.10. The fraction of sp³-hybridized carbons (Fsp3) is 0. The minimum Gasteiger partial charge on any atom is -0.399 e. The molecule has 4 nitrogen and oxygen atoms in total. The van der Waals surface area contributed by atoms with Crippen molar-refractivity contribution in [2.75, 3.05) is 5.73 Å². The summed E-state index contributed by atoms with van der Waals surface area (Å²) in [6.07, 6.45) is 5.19. The summed E-state index contributed by atoms with van der Waals surface area (Å²) in [6, 6.07) is 16.5. The third-order valence-corrected chi connectivity index (χ3v) is 2.59. The molecule has 0 saturated heterocycles. The Balaban J connectivity index is 1.86. The molecule has 2 aromatic carbocycles. The van der Waals surface area contributed by atoms with Gasteiger partial charge in [0.1, 0.15) is 0 Å². The molecular formula is C16H15N3O. The largest absolute Gasteiger partial charge is 0.399 e. The molecule has 0 aliphatic heterocycles. The van der Waals surface area contributed by atoms with E-state index in [0.717, 1.165) is 5.56 Å². The summed E-state index contributed by atoms with van der Waals surface area (Å²) in [5, 5.41) is 3.84. The first-order valence-electron chi connectivity index (χ1n) is 6.16. The predicted octanol–water partition coefficient (Wildman–Crippen LogP) is 2.70. The van der Waals surface area contributed by atoms with Gasteiger partial charge in [-0.05, 0) is 35.9 Å². The molecule has 0 atom stereocenters. The van der Waals surface area contributed by atoms with Crippen LogP contribution in [0.15, 0.2) is 65.8 Å². The average molecular weight is 265 g/mol. The first-order chi connectivity index (χ1) is 9.75. The van der Waals surface area contributed by atoms with Crippen molar-refractivity contribution in [3.63, 3.8) is 0 Å². The Hall–Kier alpha value is -2.88. The molecule has 0 heterocycles. The number of nitrogens with two attached hydrogens (primary N) is 1. The highest BCUT2D eigenvalue weighted by molar-refractivity contribution is 5.95. The summed E-state index contributed by atoms with van der Waals surface area (Å²) in [5.74, 6) is -0.269. The van der Waals surface area contributed by atoms with Crippen LogP contribution in [0.3, 0.4) is 0 Å². The number of hydrogen-bond acceptors (Lipinski definition) is 3. The predicted molar refractivity (Wildman–Crippen MR) is 82.3 cm³/mol. The van der Waals surface area contributed by atoms with Crippen molar-refractivity contribution in [1.82, 2.24) is 5.43 Å². The van der Waals surface area contributed by atoms with E-state index in [1.54, 1.807) is 30.3 Å². The van der Waals surface area contributed by atoms with E-state index in [0.29, 0.717) is 11.3 Å². The van der Waals surface area contributed by atoms with E-state index in [9.17, 15) is 4.79 Å². The Morgan fingerprint density at radius 2 is 1.75 bits per heavy atom. The van der Waals surface area contributed by atoms with E-state index in [2.05, 4.69) is 10.5 Å². The molecule has 0 aliphatic rings. The van der Waals surface area contributed by atoms with Gasteiger partial charge in [-0.1, -0.05) is 36.4 Å². The van der Waals surface area contributed by atoms with E-state index in [4.69, 9.17) is 5.73 Å². The molecular weight excluding hydrogens is 250 g/mol. The van der Waals surface area contributed by atoms with Crippen molar-refractivity contribution in [2.24, 2.45) is 5.10 Å². The van der Waals surface area contributed by atoms with Gasteiger partial charge in [0, 0.05) is 17.5 Å². The maximum Gasteiger partial charge on any atom is 0.271 e. The number of carbonyl (C=O) groups is 1. The summed E-state index contributed by atoms with van der Waals surface area (Å²) in [7, 11) is 0. The molecule has 4 heteroatoms. The van der Waals surface area contributed by atoms with Crippen LogP contribution in [0.2, 0.25) is 0 Å². The maximum absolute atomic E-state index is 11.7. The zero-order chi connectivity index (χ0) is 14.2. The van der Waals surface area contributed by atoms with Gasteiger partial charge in [0.15, 0.2) is 0 Å². The lowest BCUT2D eigenvalue weighted by Crippen LogP contribution is -2.17. The number of nitrogens with one attached hydrogen (secondary N) is 1. The minimum atomic E-state index is -0.269. The molecule has 0 aromatic heterocycles. The van der Waals surface area contributed by atoms with Crippen LogP contribution in [-0.4, -0.2) is 12.1 Å². The third-order valence-electron chi connectivity index (χ3n) is 2.59. The lowest BCUT2D eigenvalue weighted by Gasteiger charge is -1.99. The summed E-state index contributed by atoms with van der Waals surface area (Å²) < 4.78 is 0. The van der Waals surface area contributed by atoms with Gasteiger partial charge in [-0.25, -0.2) is 5.43 Å². The van der Waals surface area contributed by atoms with Crippen molar-refractivity contribution in [2.45, 2.75) is 0 Å². The summed E-state index contributed by atoms with van der Waals surface area (Å²) >= 11 is 0. The maximum atomic E-state index is 11.7. The zero-order valence-corrected chi connectivity index (χ0v) is 10.9. The van der Waals surface area contributed by atoms with Gasteiger partial charge in [0.05, 0.1) is 0 Å². The monoisotopic (exact) mass is 265 g/mol. The molecule has 0 radical (unpaired) electrons. The van der Waals surface area contributed by atoms with E-state index in [1.807, 2.05) is 36.4 Å². The van der Waals surface area contributed by atoms with Gasteiger partial charge in [-0.2, -0.15) is 5.10 Å². The summed E-state index contributed by atoms with van der Waals surface area (Å²) in [6.45, 7) is 0. The van der Waals surface area contributed by atoms with Crippen LogP contribution in [0.5, 0.6) is 0 Å². The zero-order valence-electron chi connectivity index (χ0n) is 10.9. The molecule has 0 fully saturated rings. The average Bonchev–Trinajstić information content (AvgIpc) is 2.48. The number of allylic oxidation sites excluding steroid dienone is 1. The molecule has 20 heavy (non-hydrogen) atoms. The van der Waals surface area contributed by atoms with Crippen LogP contribution in [0.25, 0.3) is 6.08 Å². The lowest BCUT2D eigenvalue weighted by atomic mass is 10.2. The number of nitrogen functional groups attached to an aromatic ring is 1. The SMILES string of the molecule is Nc1ccc(C(=O)N/N=C\C=C\c2ccccc2)cc1. The molecule has 0 bridgehead atoms. The molecule has 2 aromatic rings. The first-order valence-corrected chi connectivity index (χ1v) is 6.16. The summed E-state index contributed by atoms with van der Waals surface area (Å²) in [5.41, 5.74) is 10.2. The number of hydrogen-bond donors (Lipinski definition) is 2. The molecule has 0 saturated carbocycles. The number of nitrogens with zero attached hydrogens (tertiary/aromatic N) is 1. The number of carbonyl (C=O) groups excluding carboxylic acids is 1. The highest BCUT2D eigenvalue weighted by Crippen LogP contribution is 2.05. The topological polar surface area (TPSA) is 67.5 Å². The van der Waals surface area contributed by atoms with E-state index in [-0.39, 0.29) is 5.91 Å². The highest BCUT2D eigenvalue weighted by atomic mass is 16.2. The Kier molecular flexibility index (Phi) is 4.67. The quantitative estimate of drug-likeness (QED) is 0.507. The molecule has 0 unspecified atom stereocenters. The molecule has 0 aliphatic carbocycles. The van der Waals surface area contributed by atoms with Crippen LogP contribution < -0.4 is 11.2 Å². The van der Waals surface area contributed by atoms with Crippen LogP contribution in [0, 0.1) is 0 Å².